The van der Waals surface area contributed by atoms with Crippen molar-refractivity contribution >= 4 is 27.8 Å². The highest BCUT2D eigenvalue weighted by Gasteiger charge is 2.13. The number of methoxy groups -OCH3 is 1. The number of aromatic hydroxyl groups is 1. The fourth-order valence-corrected chi connectivity index (χ4v) is 4.12. The molecule has 3 aromatic carbocycles. The van der Waals surface area contributed by atoms with Crippen molar-refractivity contribution in [2.24, 2.45) is 10.1 Å². The largest absolute Gasteiger partial charge is 0.507 e. The van der Waals surface area contributed by atoms with E-state index in [9.17, 15) is 5.11 Å². The van der Waals surface area contributed by atoms with E-state index in [4.69, 9.17) is 9.84 Å². The summed E-state index contributed by atoms with van der Waals surface area (Å²) in [4.78, 5) is 5.16. The van der Waals surface area contributed by atoms with Crippen LogP contribution in [0.5, 0.6) is 11.5 Å². The average Bonchev–Trinajstić information content (AvgIpc) is 3.15. The molecule has 0 spiro atoms. The Labute approximate surface area is 172 Å². The third-order valence-corrected chi connectivity index (χ3v) is 5.69. The van der Waals surface area contributed by atoms with E-state index in [1.54, 1.807) is 26.3 Å². The van der Waals surface area contributed by atoms with Crippen molar-refractivity contribution in [3.63, 3.8) is 0 Å². The van der Waals surface area contributed by atoms with Gasteiger partial charge >= 0.3 is 0 Å². The van der Waals surface area contributed by atoms with Crippen LogP contribution in [0.4, 0.5) is 0 Å². The molecule has 0 radical (unpaired) electrons. The number of rotatable bonds is 4. The molecule has 6 heteroatoms. The van der Waals surface area contributed by atoms with Gasteiger partial charge in [-0.3, -0.25) is 4.99 Å². The summed E-state index contributed by atoms with van der Waals surface area (Å²) >= 11 is 1.53. The van der Waals surface area contributed by atoms with Crippen molar-refractivity contribution in [3.8, 4) is 22.8 Å². The molecular formula is C23H21N3O2S. The van der Waals surface area contributed by atoms with Crippen molar-refractivity contribution in [2.45, 2.75) is 6.92 Å². The molecule has 0 saturated heterocycles. The van der Waals surface area contributed by atoms with Crippen LogP contribution in [0.2, 0.25) is 0 Å². The van der Waals surface area contributed by atoms with Gasteiger partial charge in [0.2, 0.25) is 4.80 Å². The predicted octanol–water partition coefficient (Wildman–Crippen LogP) is 4.89. The second kappa shape index (κ2) is 7.93. The van der Waals surface area contributed by atoms with Gasteiger partial charge in [0.05, 0.1) is 18.5 Å². The van der Waals surface area contributed by atoms with Gasteiger partial charge in [-0.15, -0.1) is 11.3 Å². The molecule has 0 unspecified atom stereocenters. The molecule has 0 amide bonds. The van der Waals surface area contributed by atoms with E-state index >= 15 is 0 Å². The lowest BCUT2D eigenvalue weighted by Crippen LogP contribution is -2.14. The standard InChI is InChI=1S/C23H21N3O2S/c1-15(18-12-11-17(28-3)13-22(18)27)25-26-21(14-29-23(26)24-2)20-10-6-8-16-7-4-5-9-19(16)20/h4-14,27H,1-3H3. The number of phenols is 1. The highest BCUT2D eigenvalue weighted by Crippen LogP contribution is 2.29. The lowest BCUT2D eigenvalue weighted by Gasteiger charge is -2.10. The second-order valence-corrected chi connectivity index (χ2v) is 7.37. The molecule has 29 heavy (non-hydrogen) atoms. The van der Waals surface area contributed by atoms with Crippen molar-refractivity contribution in [3.05, 3.63) is 76.4 Å². The molecule has 1 aromatic heterocycles. The number of thiazole rings is 1. The Bertz CT molecular complexity index is 1280. The van der Waals surface area contributed by atoms with Crippen LogP contribution in [0.3, 0.4) is 0 Å². The Morgan fingerprint density at radius 3 is 2.62 bits per heavy atom. The summed E-state index contributed by atoms with van der Waals surface area (Å²) in [5, 5.41) is 19.6. The van der Waals surface area contributed by atoms with E-state index in [0.29, 0.717) is 17.0 Å². The summed E-state index contributed by atoms with van der Waals surface area (Å²) < 4.78 is 7.01. The number of ether oxygens (including phenoxy) is 1. The maximum absolute atomic E-state index is 10.4. The fraction of sp³-hybridized carbons (Fsp3) is 0.130. The summed E-state index contributed by atoms with van der Waals surface area (Å²) in [6.45, 7) is 1.87. The zero-order valence-corrected chi connectivity index (χ0v) is 17.3. The van der Waals surface area contributed by atoms with E-state index in [0.717, 1.165) is 21.4 Å². The zero-order chi connectivity index (χ0) is 20.4. The number of phenolic OH excluding ortho intramolecular Hbond substituents is 1. The van der Waals surface area contributed by atoms with Gasteiger partial charge in [0, 0.05) is 29.6 Å². The smallest absolute Gasteiger partial charge is 0.205 e. The molecule has 4 rings (SSSR count). The first-order valence-corrected chi connectivity index (χ1v) is 10.0. The lowest BCUT2D eigenvalue weighted by atomic mass is 10.0. The summed E-state index contributed by atoms with van der Waals surface area (Å²) in [6, 6.07) is 19.7. The zero-order valence-electron chi connectivity index (χ0n) is 16.5. The van der Waals surface area contributed by atoms with Crippen LogP contribution in [0.15, 0.2) is 76.1 Å². The number of fused-ring (bicyclic) bond motifs is 1. The van der Waals surface area contributed by atoms with Crippen molar-refractivity contribution in [1.29, 1.82) is 0 Å². The molecule has 1 N–H and O–H groups in total. The number of hydrogen-bond acceptors (Lipinski definition) is 5. The predicted molar refractivity (Wildman–Crippen MR) is 119 cm³/mol. The van der Waals surface area contributed by atoms with Gasteiger partial charge in [-0.25, -0.2) is 4.68 Å². The summed E-state index contributed by atoms with van der Waals surface area (Å²) in [6.07, 6.45) is 0. The molecule has 4 aromatic rings. The fourth-order valence-electron chi connectivity index (χ4n) is 3.33. The Kier molecular flexibility index (Phi) is 5.18. The molecular weight excluding hydrogens is 382 g/mol. The van der Waals surface area contributed by atoms with E-state index < -0.39 is 0 Å². The first-order chi connectivity index (χ1) is 14.1. The first kappa shape index (κ1) is 19.0. The van der Waals surface area contributed by atoms with Crippen molar-refractivity contribution in [1.82, 2.24) is 4.68 Å². The molecule has 0 fully saturated rings. The van der Waals surface area contributed by atoms with Gasteiger partial charge in [0.15, 0.2) is 0 Å². The van der Waals surface area contributed by atoms with Gasteiger partial charge in [0.1, 0.15) is 11.5 Å². The number of benzene rings is 3. The highest BCUT2D eigenvalue weighted by molar-refractivity contribution is 7.07. The third kappa shape index (κ3) is 3.54. The third-order valence-electron chi connectivity index (χ3n) is 4.79. The minimum Gasteiger partial charge on any atom is -0.507 e. The Balaban J connectivity index is 1.89. The Hall–Kier alpha value is -3.38. The molecule has 0 aliphatic rings. The van der Waals surface area contributed by atoms with E-state index in [1.807, 2.05) is 35.9 Å². The highest BCUT2D eigenvalue weighted by atomic mass is 32.1. The Morgan fingerprint density at radius 2 is 1.86 bits per heavy atom. The topological polar surface area (TPSA) is 59.1 Å². The van der Waals surface area contributed by atoms with Crippen LogP contribution >= 0.6 is 11.3 Å². The number of hydrogen-bond donors (Lipinski definition) is 1. The summed E-state index contributed by atoms with van der Waals surface area (Å²) in [5.74, 6) is 0.728. The molecule has 0 saturated carbocycles. The number of aromatic nitrogens is 1. The van der Waals surface area contributed by atoms with Crippen LogP contribution in [-0.4, -0.2) is 29.7 Å². The van der Waals surface area contributed by atoms with Gasteiger partial charge in [-0.1, -0.05) is 42.5 Å². The van der Waals surface area contributed by atoms with Gasteiger partial charge in [-0.05, 0) is 29.8 Å². The minimum atomic E-state index is 0.128. The van der Waals surface area contributed by atoms with Crippen molar-refractivity contribution in [2.75, 3.05) is 14.2 Å². The monoisotopic (exact) mass is 403 g/mol. The van der Waals surface area contributed by atoms with Crippen molar-refractivity contribution < 1.29 is 9.84 Å². The van der Waals surface area contributed by atoms with Crippen LogP contribution in [0.25, 0.3) is 22.0 Å². The van der Waals surface area contributed by atoms with E-state index in [-0.39, 0.29) is 5.75 Å². The SMILES string of the molecule is CN=c1scc(-c2cccc3ccccc23)n1N=C(C)c1ccc(OC)cc1O. The molecule has 146 valence electrons. The lowest BCUT2D eigenvalue weighted by molar-refractivity contribution is 0.407. The minimum absolute atomic E-state index is 0.128. The van der Waals surface area contributed by atoms with Crippen LogP contribution in [-0.2, 0) is 0 Å². The second-order valence-electron chi connectivity index (χ2n) is 6.53. The van der Waals surface area contributed by atoms with Gasteiger partial charge < -0.3 is 9.84 Å². The molecule has 0 atom stereocenters. The maximum atomic E-state index is 10.4. The van der Waals surface area contributed by atoms with Gasteiger partial charge in [0.25, 0.3) is 0 Å². The Morgan fingerprint density at radius 1 is 1.07 bits per heavy atom. The molecule has 5 nitrogen and oxygen atoms in total. The van der Waals surface area contributed by atoms with Crippen LogP contribution < -0.4 is 9.54 Å². The van der Waals surface area contributed by atoms with Crippen LogP contribution in [0, 0.1) is 0 Å². The molecule has 0 aliphatic heterocycles. The van der Waals surface area contributed by atoms with Gasteiger partial charge in [-0.2, -0.15) is 5.10 Å². The number of nitrogens with zero attached hydrogens (tertiary/aromatic N) is 3. The van der Waals surface area contributed by atoms with E-state index in [2.05, 4.69) is 34.6 Å². The normalized spacial score (nSPS) is 12.5. The van der Waals surface area contributed by atoms with Crippen LogP contribution in [0.1, 0.15) is 12.5 Å². The maximum Gasteiger partial charge on any atom is 0.205 e. The average molecular weight is 404 g/mol. The molecule has 0 aliphatic carbocycles. The van der Waals surface area contributed by atoms with E-state index in [1.165, 1.54) is 16.7 Å². The summed E-state index contributed by atoms with van der Waals surface area (Å²) in [5.41, 5.74) is 3.37. The first-order valence-electron chi connectivity index (χ1n) is 9.17. The summed E-state index contributed by atoms with van der Waals surface area (Å²) in [7, 11) is 3.33. The quantitative estimate of drug-likeness (QED) is 0.493. The molecule has 0 bridgehead atoms. The molecule has 1 heterocycles.